The lowest BCUT2D eigenvalue weighted by atomic mass is 10.1. The Balaban J connectivity index is 2.01. The van der Waals surface area contributed by atoms with Gasteiger partial charge in [-0.1, -0.05) is 59.6 Å². The molecule has 0 fully saturated rings. The van der Waals surface area contributed by atoms with Gasteiger partial charge in [-0.3, -0.25) is 0 Å². The normalized spacial score (nSPS) is 11.8. The zero-order chi connectivity index (χ0) is 18.3. The maximum absolute atomic E-state index is 13.2. The van der Waals surface area contributed by atoms with Gasteiger partial charge in [-0.15, -0.1) is 0 Å². The molecule has 4 rings (SSSR count). The fourth-order valence-corrected chi connectivity index (χ4v) is 4.32. The van der Waals surface area contributed by atoms with Gasteiger partial charge in [-0.05, 0) is 37.3 Å². The molecular formula is C20H15ClN2O2S. The number of fused-ring (bicyclic) bond motifs is 1. The second-order valence-electron chi connectivity index (χ2n) is 6.04. The van der Waals surface area contributed by atoms with Crippen molar-refractivity contribution in [3.8, 4) is 11.3 Å². The van der Waals surface area contributed by atoms with E-state index in [9.17, 15) is 8.42 Å². The first kappa shape index (κ1) is 16.8. The molecule has 0 saturated heterocycles. The molecule has 3 aromatic carbocycles. The summed E-state index contributed by atoms with van der Waals surface area (Å²) in [5, 5.41) is 5.66. The number of nitrogens with zero attached hydrogens (tertiary/aromatic N) is 2. The van der Waals surface area contributed by atoms with E-state index in [0.717, 1.165) is 15.2 Å². The molecule has 0 aliphatic rings. The Morgan fingerprint density at radius 3 is 2.31 bits per heavy atom. The molecule has 0 bridgehead atoms. The van der Waals surface area contributed by atoms with Gasteiger partial charge in [-0.25, -0.2) is 0 Å². The Kier molecular flexibility index (Phi) is 4.05. The fraction of sp³-hybridized carbons (Fsp3) is 0.0500. The molecule has 4 aromatic rings. The zero-order valence-corrected chi connectivity index (χ0v) is 15.5. The van der Waals surface area contributed by atoms with Gasteiger partial charge in [0.1, 0.15) is 5.69 Å². The van der Waals surface area contributed by atoms with E-state index in [1.54, 1.807) is 42.5 Å². The molecule has 0 aliphatic heterocycles. The van der Waals surface area contributed by atoms with Crippen LogP contribution in [0.5, 0.6) is 0 Å². The summed E-state index contributed by atoms with van der Waals surface area (Å²) in [5.74, 6) is 0. The quantitative estimate of drug-likeness (QED) is 0.506. The summed E-state index contributed by atoms with van der Waals surface area (Å²) in [6.07, 6.45) is 0. The van der Waals surface area contributed by atoms with Crippen LogP contribution < -0.4 is 0 Å². The van der Waals surface area contributed by atoms with Crippen molar-refractivity contribution in [3.63, 3.8) is 0 Å². The molecule has 0 saturated carbocycles. The third kappa shape index (κ3) is 2.79. The number of hydrogen-bond donors (Lipinski definition) is 0. The second-order valence-corrected chi connectivity index (χ2v) is 8.24. The van der Waals surface area contributed by atoms with Gasteiger partial charge in [-0.2, -0.15) is 17.6 Å². The van der Waals surface area contributed by atoms with E-state index in [1.807, 2.05) is 37.3 Å². The Hall–Kier alpha value is -2.63. The smallest absolute Gasteiger partial charge is 0.199 e. The van der Waals surface area contributed by atoms with Gasteiger partial charge in [0.15, 0.2) is 0 Å². The maximum atomic E-state index is 13.2. The van der Waals surface area contributed by atoms with Crippen LogP contribution >= 0.6 is 11.6 Å². The van der Waals surface area contributed by atoms with Crippen molar-refractivity contribution in [2.75, 3.05) is 0 Å². The van der Waals surface area contributed by atoms with Crippen molar-refractivity contribution in [1.82, 2.24) is 9.19 Å². The van der Waals surface area contributed by atoms with Gasteiger partial charge in [0.25, 0.3) is 10.0 Å². The molecule has 0 amide bonds. The molecule has 1 aromatic heterocycles. The summed E-state index contributed by atoms with van der Waals surface area (Å²) in [6, 6.07) is 21.3. The van der Waals surface area contributed by atoms with Crippen LogP contribution in [0.1, 0.15) is 5.56 Å². The third-order valence-electron chi connectivity index (χ3n) is 4.20. The molecule has 26 heavy (non-hydrogen) atoms. The molecule has 1 heterocycles. The Morgan fingerprint density at radius 2 is 1.62 bits per heavy atom. The minimum Gasteiger partial charge on any atom is -0.199 e. The average molecular weight is 383 g/mol. The van der Waals surface area contributed by atoms with E-state index in [0.29, 0.717) is 21.6 Å². The Bertz CT molecular complexity index is 1200. The van der Waals surface area contributed by atoms with Gasteiger partial charge < -0.3 is 0 Å². The summed E-state index contributed by atoms with van der Waals surface area (Å²) in [6.45, 7) is 1.91. The van der Waals surface area contributed by atoms with Crippen LogP contribution in [-0.2, 0) is 10.0 Å². The lowest BCUT2D eigenvalue weighted by Gasteiger charge is -2.06. The lowest BCUT2D eigenvalue weighted by molar-refractivity contribution is 0.582. The zero-order valence-electron chi connectivity index (χ0n) is 13.9. The van der Waals surface area contributed by atoms with E-state index in [-0.39, 0.29) is 4.90 Å². The molecule has 6 heteroatoms. The topological polar surface area (TPSA) is 52.0 Å². The minimum absolute atomic E-state index is 0.196. The predicted octanol–water partition coefficient (Wildman–Crippen LogP) is 4.90. The first-order valence-corrected chi connectivity index (χ1v) is 9.84. The third-order valence-corrected chi connectivity index (χ3v) is 6.04. The number of benzene rings is 3. The molecule has 130 valence electrons. The van der Waals surface area contributed by atoms with E-state index in [2.05, 4.69) is 5.10 Å². The predicted molar refractivity (Wildman–Crippen MR) is 104 cm³/mol. The van der Waals surface area contributed by atoms with Gasteiger partial charge in [0.2, 0.25) is 0 Å². The van der Waals surface area contributed by atoms with Gasteiger partial charge >= 0.3 is 0 Å². The van der Waals surface area contributed by atoms with Crippen LogP contribution in [-0.4, -0.2) is 17.6 Å². The summed E-state index contributed by atoms with van der Waals surface area (Å²) in [7, 11) is -3.82. The SMILES string of the molecule is Cc1ccc(S(=O)(=O)n2nc(-c3ccccc3)c3cc(Cl)ccc32)cc1. The number of aromatic nitrogens is 2. The number of rotatable bonds is 3. The molecule has 0 radical (unpaired) electrons. The first-order valence-electron chi connectivity index (χ1n) is 8.03. The summed E-state index contributed by atoms with van der Waals surface area (Å²) < 4.78 is 27.4. The standard InChI is InChI=1S/C20H15ClN2O2S/c1-14-7-10-17(11-8-14)26(24,25)23-19-12-9-16(21)13-18(19)20(22-23)15-5-3-2-4-6-15/h2-13H,1H3. The average Bonchev–Trinajstić information content (AvgIpc) is 3.02. The van der Waals surface area contributed by atoms with E-state index in [1.165, 1.54) is 0 Å². The molecular weight excluding hydrogens is 368 g/mol. The molecule has 4 nitrogen and oxygen atoms in total. The number of hydrogen-bond acceptors (Lipinski definition) is 3. The molecule has 0 atom stereocenters. The highest BCUT2D eigenvalue weighted by Gasteiger charge is 2.23. The fourth-order valence-electron chi connectivity index (χ4n) is 2.87. The summed E-state index contributed by atoms with van der Waals surface area (Å²) >= 11 is 6.15. The van der Waals surface area contributed by atoms with Crippen LogP contribution in [0, 0.1) is 6.92 Å². The van der Waals surface area contributed by atoms with Crippen molar-refractivity contribution in [2.45, 2.75) is 11.8 Å². The first-order chi connectivity index (χ1) is 12.5. The molecule has 0 N–H and O–H groups in total. The van der Waals surface area contributed by atoms with Crippen molar-refractivity contribution in [3.05, 3.63) is 83.4 Å². The number of halogens is 1. The van der Waals surface area contributed by atoms with Crippen molar-refractivity contribution >= 4 is 32.5 Å². The number of aryl methyl sites for hydroxylation is 1. The van der Waals surface area contributed by atoms with Crippen LogP contribution in [0.2, 0.25) is 5.02 Å². The summed E-state index contributed by atoms with van der Waals surface area (Å²) in [4.78, 5) is 0.196. The van der Waals surface area contributed by atoms with Crippen LogP contribution in [0.25, 0.3) is 22.2 Å². The van der Waals surface area contributed by atoms with Crippen molar-refractivity contribution in [1.29, 1.82) is 0 Å². The monoisotopic (exact) mass is 382 g/mol. The minimum atomic E-state index is -3.82. The molecule has 0 unspecified atom stereocenters. The van der Waals surface area contributed by atoms with Crippen LogP contribution in [0.15, 0.2) is 77.7 Å². The maximum Gasteiger partial charge on any atom is 0.283 e. The molecule has 0 spiro atoms. The Labute approximate surface area is 156 Å². The lowest BCUT2D eigenvalue weighted by Crippen LogP contribution is -2.14. The van der Waals surface area contributed by atoms with E-state index >= 15 is 0 Å². The van der Waals surface area contributed by atoms with Crippen molar-refractivity contribution in [2.24, 2.45) is 0 Å². The summed E-state index contributed by atoms with van der Waals surface area (Å²) in [5.41, 5.74) is 2.90. The molecule has 0 aliphatic carbocycles. The Morgan fingerprint density at radius 1 is 0.923 bits per heavy atom. The van der Waals surface area contributed by atoms with Crippen LogP contribution in [0.4, 0.5) is 0 Å². The van der Waals surface area contributed by atoms with E-state index < -0.39 is 10.0 Å². The second kappa shape index (κ2) is 6.27. The van der Waals surface area contributed by atoms with Gasteiger partial charge in [0, 0.05) is 16.0 Å². The largest absolute Gasteiger partial charge is 0.283 e. The van der Waals surface area contributed by atoms with E-state index in [4.69, 9.17) is 11.6 Å². The van der Waals surface area contributed by atoms with Crippen LogP contribution in [0.3, 0.4) is 0 Å². The van der Waals surface area contributed by atoms with Crippen molar-refractivity contribution < 1.29 is 8.42 Å². The highest BCUT2D eigenvalue weighted by Crippen LogP contribution is 2.32. The van der Waals surface area contributed by atoms with Gasteiger partial charge in [0.05, 0.1) is 10.4 Å². The highest BCUT2D eigenvalue weighted by molar-refractivity contribution is 7.90. The highest BCUT2D eigenvalue weighted by atomic mass is 35.5.